The molecule has 5 heteroatoms. The average molecular weight is 280 g/mol. The molecule has 20 heavy (non-hydrogen) atoms. The number of piperidine rings is 1. The number of anilines is 1. The highest BCUT2D eigenvalue weighted by atomic mass is 19.1. The van der Waals surface area contributed by atoms with E-state index in [1.807, 2.05) is 0 Å². The number of methoxy groups -OCH3 is 1. The molecule has 0 aliphatic carbocycles. The van der Waals surface area contributed by atoms with Gasteiger partial charge in [-0.2, -0.15) is 0 Å². The number of ether oxygens (including phenoxy) is 1. The number of amides is 1. The van der Waals surface area contributed by atoms with E-state index in [-0.39, 0.29) is 17.7 Å². The number of para-hydroxylation sites is 1. The first-order valence-electron chi connectivity index (χ1n) is 6.86. The zero-order valence-corrected chi connectivity index (χ0v) is 12.1. The van der Waals surface area contributed by atoms with Crippen molar-refractivity contribution in [2.45, 2.75) is 19.4 Å². The predicted molar refractivity (Wildman–Crippen MR) is 76.4 cm³/mol. The Bertz CT molecular complexity index is 493. The molecule has 0 bridgehead atoms. The lowest BCUT2D eigenvalue weighted by atomic mass is 9.95. The van der Waals surface area contributed by atoms with Gasteiger partial charge in [0.15, 0.2) is 0 Å². The third kappa shape index (κ3) is 2.77. The normalized spacial score (nSPS) is 22.7. The van der Waals surface area contributed by atoms with Crippen molar-refractivity contribution in [3.63, 3.8) is 0 Å². The van der Waals surface area contributed by atoms with Gasteiger partial charge in [0.05, 0.1) is 17.4 Å². The Morgan fingerprint density at radius 2 is 2.25 bits per heavy atom. The van der Waals surface area contributed by atoms with Crippen molar-refractivity contribution in [1.29, 1.82) is 0 Å². The molecule has 1 N–H and O–H groups in total. The molecule has 0 saturated carbocycles. The van der Waals surface area contributed by atoms with E-state index in [0.29, 0.717) is 24.6 Å². The smallest absolute Gasteiger partial charge is 0.256 e. The van der Waals surface area contributed by atoms with Crippen LogP contribution in [-0.2, 0) is 4.74 Å². The number of hydrogen-bond acceptors (Lipinski definition) is 3. The van der Waals surface area contributed by atoms with Gasteiger partial charge in [0.2, 0.25) is 0 Å². The number of carbonyl (C=O) groups excluding carboxylic acids is 1. The Kier molecular flexibility index (Phi) is 4.60. The van der Waals surface area contributed by atoms with Crippen LogP contribution < -0.4 is 5.32 Å². The highest BCUT2D eigenvalue weighted by molar-refractivity contribution is 5.99. The van der Waals surface area contributed by atoms with Crippen LogP contribution in [0.15, 0.2) is 18.2 Å². The minimum absolute atomic E-state index is 0.0410. The molecule has 2 unspecified atom stereocenters. The standard InChI is InChI=1S/C15H21FN2O2/c1-10-7-8-18(9-13(10)20-3)15(19)11-5-4-6-12(16)14(11)17-2/h4-6,10,13,17H,7-9H2,1-3H3. The zero-order valence-electron chi connectivity index (χ0n) is 12.1. The van der Waals surface area contributed by atoms with E-state index < -0.39 is 5.82 Å². The van der Waals surface area contributed by atoms with Crippen molar-refractivity contribution < 1.29 is 13.9 Å². The minimum atomic E-state index is -0.410. The molecule has 1 aliphatic heterocycles. The van der Waals surface area contributed by atoms with Gasteiger partial charge in [-0.05, 0) is 24.5 Å². The summed E-state index contributed by atoms with van der Waals surface area (Å²) in [4.78, 5) is 14.3. The van der Waals surface area contributed by atoms with E-state index in [1.165, 1.54) is 6.07 Å². The maximum absolute atomic E-state index is 13.7. The van der Waals surface area contributed by atoms with Crippen LogP contribution in [0.5, 0.6) is 0 Å². The van der Waals surface area contributed by atoms with Crippen molar-refractivity contribution in [3.05, 3.63) is 29.6 Å². The van der Waals surface area contributed by atoms with Crippen molar-refractivity contribution in [1.82, 2.24) is 4.90 Å². The fraction of sp³-hybridized carbons (Fsp3) is 0.533. The van der Waals surface area contributed by atoms with Gasteiger partial charge in [-0.25, -0.2) is 4.39 Å². The number of hydrogen-bond donors (Lipinski definition) is 1. The number of halogens is 1. The molecule has 1 amide bonds. The zero-order chi connectivity index (χ0) is 14.7. The van der Waals surface area contributed by atoms with E-state index in [1.54, 1.807) is 31.2 Å². The maximum Gasteiger partial charge on any atom is 0.256 e. The van der Waals surface area contributed by atoms with Gasteiger partial charge in [0, 0.05) is 27.2 Å². The Morgan fingerprint density at radius 3 is 2.90 bits per heavy atom. The summed E-state index contributed by atoms with van der Waals surface area (Å²) in [6.07, 6.45) is 0.938. The number of nitrogens with zero attached hydrogens (tertiary/aromatic N) is 1. The molecule has 0 spiro atoms. The number of benzene rings is 1. The Balaban J connectivity index is 2.22. The van der Waals surface area contributed by atoms with Gasteiger partial charge in [0.1, 0.15) is 5.82 Å². The van der Waals surface area contributed by atoms with Gasteiger partial charge >= 0.3 is 0 Å². The number of likely N-dealkylation sites (tertiary alicyclic amines) is 1. The van der Waals surface area contributed by atoms with Crippen LogP contribution in [-0.4, -0.2) is 44.2 Å². The van der Waals surface area contributed by atoms with Crippen LogP contribution >= 0.6 is 0 Å². The summed E-state index contributed by atoms with van der Waals surface area (Å²) in [6.45, 7) is 3.35. The van der Waals surface area contributed by atoms with E-state index in [2.05, 4.69) is 12.2 Å². The number of carbonyl (C=O) groups is 1. The first kappa shape index (κ1) is 14.8. The van der Waals surface area contributed by atoms with E-state index in [0.717, 1.165) is 6.42 Å². The lowest BCUT2D eigenvalue weighted by molar-refractivity contribution is -0.00154. The molecule has 1 fully saturated rings. The molecule has 0 aromatic heterocycles. The van der Waals surface area contributed by atoms with Crippen LogP contribution in [0.2, 0.25) is 0 Å². The van der Waals surface area contributed by atoms with Gasteiger partial charge in [-0.15, -0.1) is 0 Å². The average Bonchev–Trinajstić information content (AvgIpc) is 2.46. The number of rotatable bonds is 3. The van der Waals surface area contributed by atoms with Gasteiger partial charge in [0.25, 0.3) is 5.91 Å². The van der Waals surface area contributed by atoms with Crippen molar-refractivity contribution in [2.75, 3.05) is 32.6 Å². The Hall–Kier alpha value is -1.62. The first-order valence-corrected chi connectivity index (χ1v) is 6.86. The summed E-state index contributed by atoms with van der Waals surface area (Å²) in [5, 5.41) is 2.76. The summed E-state index contributed by atoms with van der Waals surface area (Å²) in [7, 11) is 3.28. The fourth-order valence-electron chi connectivity index (χ4n) is 2.65. The lowest BCUT2D eigenvalue weighted by Gasteiger charge is -2.36. The van der Waals surface area contributed by atoms with Gasteiger partial charge in [-0.3, -0.25) is 4.79 Å². The van der Waals surface area contributed by atoms with Gasteiger partial charge < -0.3 is 15.0 Å². The van der Waals surface area contributed by atoms with Crippen LogP contribution in [0.25, 0.3) is 0 Å². The van der Waals surface area contributed by atoms with E-state index >= 15 is 0 Å². The third-order valence-corrected chi connectivity index (χ3v) is 3.97. The van der Waals surface area contributed by atoms with E-state index in [4.69, 9.17) is 4.74 Å². The summed E-state index contributed by atoms with van der Waals surface area (Å²) >= 11 is 0. The first-order chi connectivity index (χ1) is 9.58. The van der Waals surface area contributed by atoms with Crippen LogP contribution in [0.1, 0.15) is 23.7 Å². The topological polar surface area (TPSA) is 41.6 Å². The monoisotopic (exact) mass is 280 g/mol. The highest BCUT2D eigenvalue weighted by Crippen LogP contribution is 2.25. The molecule has 1 saturated heterocycles. The highest BCUT2D eigenvalue weighted by Gasteiger charge is 2.30. The SMILES string of the molecule is CNc1c(F)cccc1C(=O)N1CCC(C)C(OC)C1. The van der Waals surface area contributed by atoms with Crippen LogP contribution in [0.3, 0.4) is 0 Å². The Labute approximate surface area is 118 Å². The second-order valence-electron chi connectivity index (χ2n) is 5.20. The summed E-state index contributed by atoms with van der Waals surface area (Å²) in [5.41, 5.74) is 0.627. The molecular formula is C15H21FN2O2. The van der Waals surface area contributed by atoms with Crippen molar-refractivity contribution >= 4 is 11.6 Å². The molecule has 1 heterocycles. The molecule has 1 aliphatic rings. The van der Waals surface area contributed by atoms with E-state index in [9.17, 15) is 9.18 Å². The fourth-order valence-corrected chi connectivity index (χ4v) is 2.65. The molecule has 1 aromatic carbocycles. The molecule has 1 aromatic rings. The summed E-state index contributed by atoms with van der Waals surface area (Å²) in [5.74, 6) is -0.129. The summed E-state index contributed by atoms with van der Waals surface area (Å²) in [6, 6.07) is 4.56. The molecule has 2 rings (SSSR count). The van der Waals surface area contributed by atoms with Crippen LogP contribution in [0, 0.1) is 11.7 Å². The summed E-state index contributed by atoms with van der Waals surface area (Å²) < 4.78 is 19.1. The van der Waals surface area contributed by atoms with Crippen LogP contribution in [0.4, 0.5) is 10.1 Å². The van der Waals surface area contributed by atoms with Crippen molar-refractivity contribution in [2.24, 2.45) is 5.92 Å². The Morgan fingerprint density at radius 1 is 1.50 bits per heavy atom. The predicted octanol–water partition coefficient (Wildman–Crippen LogP) is 2.36. The molecular weight excluding hydrogens is 259 g/mol. The van der Waals surface area contributed by atoms with Crippen molar-refractivity contribution in [3.8, 4) is 0 Å². The van der Waals surface area contributed by atoms with Gasteiger partial charge in [-0.1, -0.05) is 13.0 Å². The molecule has 110 valence electrons. The maximum atomic E-state index is 13.7. The minimum Gasteiger partial charge on any atom is -0.385 e. The quantitative estimate of drug-likeness (QED) is 0.924. The molecule has 4 nitrogen and oxygen atoms in total. The largest absolute Gasteiger partial charge is 0.385 e. The molecule has 2 atom stereocenters. The second-order valence-corrected chi connectivity index (χ2v) is 5.20. The number of nitrogens with one attached hydrogen (secondary N) is 1. The lowest BCUT2D eigenvalue weighted by Crippen LogP contribution is -2.46. The molecule has 0 radical (unpaired) electrons. The third-order valence-electron chi connectivity index (χ3n) is 3.97. The second kappa shape index (κ2) is 6.22.